The Labute approximate surface area is 147 Å². The summed E-state index contributed by atoms with van der Waals surface area (Å²) in [5.41, 5.74) is 8.87. The van der Waals surface area contributed by atoms with E-state index >= 15 is 0 Å². The molecule has 3 aromatic rings. The van der Waals surface area contributed by atoms with E-state index in [-0.39, 0.29) is 0 Å². The highest BCUT2D eigenvalue weighted by molar-refractivity contribution is 9.10. The Kier molecular flexibility index (Phi) is 4.54. The number of fused-ring (bicyclic) bond motifs is 1. The van der Waals surface area contributed by atoms with Crippen LogP contribution in [0.1, 0.15) is 11.1 Å². The zero-order valence-corrected chi connectivity index (χ0v) is 14.3. The second-order valence-corrected chi connectivity index (χ2v) is 6.32. The maximum atomic E-state index is 11.9. The van der Waals surface area contributed by atoms with Crippen molar-refractivity contribution in [2.75, 3.05) is 5.32 Å². The molecule has 0 aliphatic rings. The minimum Gasteiger partial charge on any atom is -0.373 e. The van der Waals surface area contributed by atoms with Gasteiger partial charge in [0.15, 0.2) is 0 Å². The van der Waals surface area contributed by atoms with Crippen molar-refractivity contribution in [3.8, 4) is 6.07 Å². The molecule has 0 aliphatic carbocycles. The molecule has 6 heteroatoms. The Morgan fingerprint density at radius 1 is 1.33 bits per heavy atom. The molecule has 24 heavy (non-hydrogen) atoms. The molecule has 0 bridgehead atoms. The zero-order chi connectivity index (χ0) is 17.1. The lowest BCUT2D eigenvalue weighted by Crippen LogP contribution is -2.37. The number of H-pyrrole nitrogens is 1. The van der Waals surface area contributed by atoms with Crippen molar-refractivity contribution in [3.05, 3.63) is 64.3 Å². The first-order valence-electron chi connectivity index (χ1n) is 7.39. The number of carbonyl (C=O) groups excluding carboxylic acids is 1. The fourth-order valence-corrected chi connectivity index (χ4v) is 3.11. The number of para-hydroxylation sites is 1. The van der Waals surface area contributed by atoms with Crippen LogP contribution < -0.4 is 11.1 Å². The molecule has 1 amide bonds. The summed E-state index contributed by atoms with van der Waals surface area (Å²) >= 11 is 3.34. The van der Waals surface area contributed by atoms with Crippen LogP contribution in [0.3, 0.4) is 0 Å². The van der Waals surface area contributed by atoms with E-state index < -0.39 is 11.9 Å². The van der Waals surface area contributed by atoms with Crippen LogP contribution in [0.4, 0.5) is 5.69 Å². The average Bonchev–Trinajstić information content (AvgIpc) is 2.97. The number of anilines is 1. The molecule has 2 aromatic carbocycles. The van der Waals surface area contributed by atoms with Gasteiger partial charge in [0, 0.05) is 33.7 Å². The number of primary amides is 1. The summed E-state index contributed by atoms with van der Waals surface area (Å²) in [5.74, 6) is -0.430. The number of nitrogens with one attached hydrogen (secondary N) is 2. The summed E-state index contributed by atoms with van der Waals surface area (Å²) < 4.78 is 0.672. The number of nitriles is 1. The minimum atomic E-state index is -0.552. The molecular weight excluding hydrogens is 368 g/mol. The van der Waals surface area contributed by atoms with Crippen molar-refractivity contribution >= 4 is 38.4 Å². The van der Waals surface area contributed by atoms with Gasteiger partial charge in [-0.1, -0.05) is 18.2 Å². The van der Waals surface area contributed by atoms with Crippen molar-refractivity contribution in [2.45, 2.75) is 12.5 Å². The Morgan fingerprint density at radius 2 is 2.12 bits per heavy atom. The largest absolute Gasteiger partial charge is 0.373 e. The molecule has 0 saturated heterocycles. The van der Waals surface area contributed by atoms with Crippen molar-refractivity contribution in [2.24, 2.45) is 5.73 Å². The van der Waals surface area contributed by atoms with Crippen LogP contribution in [-0.2, 0) is 11.2 Å². The third kappa shape index (κ3) is 3.26. The number of aromatic amines is 1. The van der Waals surface area contributed by atoms with Gasteiger partial charge in [-0.05, 0) is 45.8 Å². The number of amides is 1. The van der Waals surface area contributed by atoms with Gasteiger partial charge in [-0.25, -0.2) is 0 Å². The zero-order valence-electron chi connectivity index (χ0n) is 12.7. The third-order valence-corrected chi connectivity index (χ3v) is 4.53. The summed E-state index contributed by atoms with van der Waals surface area (Å²) in [6.07, 6.45) is 2.37. The lowest BCUT2D eigenvalue weighted by molar-refractivity contribution is -0.118. The molecule has 1 aromatic heterocycles. The third-order valence-electron chi connectivity index (χ3n) is 3.87. The monoisotopic (exact) mass is 382 g/mol. The molecule has 3 rings (SSSR count). The van der Waals surface area contributed by atoms with Gasteiger partial charge < -0.3 is 16.0 Å². The SMILES string of the molecule is N#Cc1ccc(NC(Cc2c[nH]c3ccccc23)C(N)=O)cc1Br. The summed E-state index contributed by atoms with van der Waals surface area (Å²) in [5, 5.41) is 13.2. The number of halogens is 1. The number of carbonyl (C=O) groups is 1. The Morgan fingerprint density at radius 3 is 2.83 bits per heavy atom. The Hall–Kier alpha value is -2.78. The number of benzene rings is 2. The van der Waals surface area contributed by atoms with Crippen molar-refractivity contribution < 1.29 is 4.79 Å². The van der Waals surface area contributed by atoms with E-state index in [2.05, 4.69) is 32.3 Å². The van der Waals surface area contributed by atoms with Crippen LogP contribution >= 0.6 is 15.9 Å². The molecule has 4 N–H and O–H groups in total. The molecular formula is C18H15BrN4O. The number of hydrogen-bond donors (Lipinski definition) is 3. The van der Waals surface area contributed by atoms with E-state index in [1.807, 2.05) is 30.5 Å². The van der Waals surface area contributed by atoms with E-state index in [0.717, 1.165) is 22.2 Å². The predicted octanol–water partition coefficient (Wildman–Crippen LogP) is 3.31. The van der Waals surface area contributed by atoms with E-state index in [4.69, 9.17) is 11.0 Å². The first kappa shape index (κ1) is 16.1. The fourth-order valence-electron chi connectivity index (χ4n) is 2.64. The highest BCUT2D eigenvalue weighted by Gasteiger charge is 2.18. The summed E-state index contributed by atoms with van der Waals surface area (Å²) in [4.78, 5) is 15.1. The number of rotatable bonds is 5. The number of nitrogens with zero attached hydrogens (tertiary/aromatic N) is 1. The number of hydrogen-bond acceptors (Lipinski definition) is 3. The van der Waals surface area contributed by atoms with Crippen LogP contribution in [0.5, 0.6) is 0 Å². The van der Waals surface area contributed by atoms with Crippen LogP contribution in [0.2, 0.25) is 0 Å². The standard InChI is InChI=1S/C18H15BrN4O/c19-15-8-13(6-5-11(15)9-20)23-17(18(21)24)7-12-10-22-16-4-2-1-3-14(12)16/h1-6,8,10,17,22-23H,7H2,(H2,21,24). The molecule has 0 fully saturated rings. The fraction of sp³-hybridized carbons (Fsp3) is 0.111. The van der Waals surface area contributed by atoms with Crippen LogP contribution in [-0.4, -0.2) is 16.9 Å². The van der Waals surface area contributed by atoms with Crippen molar-refractivity contribution in [1.82, 2.24) is 4.98 Å². The predicted molar refractivity (Wildman–Crippen MR) is 97.5 cm³/mol. The molecule has 0 spiro atoms. The van der Waals surface area contributed by atoms with E-state index in [0.29, 0.717) is 16.5 Å². The van der Waals surface area contributed by atoms with Gasteiger partial charge in [-0.3, -0.25) is 4.79 Å². The van der Waals surface area contributed by atoms with Gasteiger partial charge in [-0.2, -0.15) is 5.26 Å². The van der Waals surface area contributed by atoms with Gasteiger partial charge >= 0.3 is 0 Å². The molecule has 0 radical (unpaired) electrons. The van der Waals surface area contributed by atoms with E-state index in [9.17, 15) is 4.79 Å². The molecule has 1 atom stereocenters. The lowest BCUT2D eigenvalue weighted by atomic mass is 10.0. The second kappa shape index (κ2) is 6.77. The highest BCUT2D eigenvalue weighted by atomic mass is 79.9. The quantitative estimate of drug-likeness (QED) is 0.631. The molecule has 1 unspecified atom stereocenters. The van der Waals surface area contributed by atoms with Crippen molar-refractivity contribution in [3.63, 3.8) is 0 Å². The smallest absolute Gasteiger partial charge is 0.240 e. The summed E-state index contributed by atoms with van der Waals surface area (Å²) in [7, 11) is 0. The Balaban J connectivity index is 1.84. The second-order valence-electron chi connectivity index (χ2n) is 5.47. The van der Waals surface area contributed by atoms with Gasteiger partial charge in [-0.15, -0.1) is 0 Å². The first-order chi connectivity index (χ1) is 11.6. The maximum Gasteiger partial charge on any atom is 0.240 e. The lowest BCUT2D eigenvalue weighted by Gasteiger charge is -2.17. The summed E-state index contributed by atoms with van der Waals surface area (Å²) in [6.45, 7) is 0. The number of aromatic nitrogens is 1. The minimum absolute atomic E-state index is 0.430. The highest BCUT2D eigenvalue weighted by Crippen LogP contribution is 2.23. The normalized spacial score (nSPS) is 11.8. The summed E-state index contributed by atoms with van der Waals surface area (Å²) in [6, 6.07) is 14.7. The van der Waals surface area contributed by atoms with Crippen LogP contribution in [0.25, 0.3) is 10.9 Å². The van der Waals surface area contributed by atoms with E-state index in [1.165, 1.54) is 0 Å². The maximum absolute atomic E-state index is 11.9. The topological polar surface area (TPSA) is 94.7 Å². The molecule has 0 saturated carbocycles. The molecule has 1 heterocycles. The molecule has 0 aliphatic heterocycles. The molecule has 5 nitrogen and oxygen atoms in total. The van der Waals surface area contributed by atoms with Crippen LogP contribution in [0, 0.1) is 11.3 Å². The number of nitrogens with two attached hydrogens (primary N) is 1. The average molecular weight is 383 g/mol. The van der Waals surface area contributed by atoms with Crippen molar-refractivity contribution in [1.29, 1.82) is 5.26 Å². The van der Waals surface area contributed by atoms with E-state index in [1.54, 1.807) is 18.2 Å². The van der Waals surface area contributed by atoms with Gasteiger partial charge in [0.1, 0.15) is 12.1 Å². The van der Waals surface area contributed by atoms with Gasteiger partial charge in [0.25, 0.3) is 0 Å². The molecule has 120 valence electrons. The first-order valence-corrected chi connectivity index (χ1v) is 8.18. The van der Waals surface area contributed by atoms with Gasteiger partial charge in [0.2, 0.25) is 5.91 Å². The van der Waals surface area contributed by atoms with Gasteiger partial charge in [0.05, 0.1) is 5.56 Å². The van der Waals surface area contributed by atoms with Crippen LogP contribution in [0.15, 0.2) is 53.1 Å². The Bertz CT molecular complexity index is 942.